The molecule has 0 aliphatic heterocycles. The number of hydrogen-bond acceptors (Lipinski definition) is 1. The topological polar surface area (TPSA) is 37.3 Å². The third-order valence-electron chi connectivity index (χ3n) is 1.91. The van der Waals surface area contributed by atoms with Crippen LogP contribution in [0, 0.1) is 11.8 Å². The van der Waals surface area contributed by atoms with E-state index in [1.165, 1.54) is 0 Å². The van der Waals surface area contributed by atoms with E-state index in [-0.39, 0.29) is 11.8 Å². The standard InChI is InChI=1S/C11H18O2/c1-8(2)6-5-7-10(9(3)4)11(12)13/h5-6,9-10H,1,7H2,2-4H3,(H,12,13). The number of carbonyl (C=O) groups is 1. The molecular formula is C11H18O2. The predicted molar refractivity (Wildman–Crippen MR) is 54.5 cm³/mol. The van der Waals surface area contributed by atoms with Gasteiger partial charge in [0.1, 0.15) is 0 Å². The second kappa shape index (κ2) is 5.57. The average molecular weight is 182 g/mol. The fourth-order valence-electron chi connectivity index (χ4n) is 1.07. The van der Waals surface area contributed by atoms with Crippen LogP contribution in [0.2, 0.25) is 0 Å². The van der Waals surface area contributed by atoms with Gasteiger partial charge in [-0.1, -0.05) is 38.2 Å². The van der Waals surface area contributed by atoms with Gasteiger partial charge in [-0.2, -0.15) is 0 Å². The van der Waals surface area contributed by atoms with Crippen LogP contribution >= 0.6 is 0 Å². The summed E-state index contributed by atoms with van der Waals surface area (Å²) in [5, 5.41) is 8.85. The fraction of sp³-hybridized carbons (Fsp3) is 0.545. The average Bonchev–Trinajstić information content (AvgIpc) is 1.95. The van der Waals surface area contributed by atoms with Gasteiger partial charge in [-0.05, 0) is 19.3 Å². The van der Waals surface area contributed by atoms with Crippen LogP contribution < -0.4 is 0 Å². The summed E-state index contributed by atoms with van der Waals surface area (Å²) < 4.78 is 0. The lowest BCUT2D eigenvalue weighted by Crippen LogP contribution is -2.18. The normalized spacial score (nSPS) is 13.5. The summed E-state index contributed by atoms with van der Waals surface area (Å²) >= 11 is 0. The van der Waals surface area contributed by atoms with Gasteiger partial charge in [-0.15, -0.1) is 0 Å². The van der Waals surface area contributed by atoms with Crippen molar-refractivity contribution in [3.8, 4) is 0 Å². The molecular weight excluding hydrogens is 164 g/mol. The summed E-state index contributed by atoms with van der Waals surface area (Å²) in [4.78, 5) is 10.8. The molecule has 0 fully saturated rings. The lowest BCUT2D eigenvalue weighted by molar-refractivity contribution is -0.143. The predicted octanol–water partition coefficient (Wildman–Crippen LogP) is 2.87. The van der Waals surface area contributed by atoms with Crippen molar-refractivity contribution in [2.75, 3.05) is 0 Å². The van der Waals surface area contributed by atoms with E-state index in [1.54, 1.807) is 0 Å². The zero-order chi connectivity index (χ0) is 10.4. The molecule has 0 heterocycles. The zero-order valence-electron chi connectivity index (χ0n) is 8.58. The molecule has 2 nitrogen and oxygen atoms in total. The summed E-state index contributed by atoms with van der Waals surface area (Å²) in [5.74, 6) is -0.829. The second-order valence-corrected chi connectivity index (χ2v) is 3.67. The lowest BCUT2D eigenvalue weighted by Gasteiger charge is -2.13. The minimum atomic E-state index is -0.721. The van der Waals surface area contributed by atoms with Crippen molar-refractivity contribution in [2.24, 2.45) is 11.8 Å². The minimum absolute atomic E-state index is 0.173. The Morgan fingerprint density at radius 2 is 2.08 bits per heavy atom. The SMILES string of the molecule is C=C(C)C=CCC(C(=O)O)C(C)C. The van der Waals surface area contributed by atoms with Gasteiger partial charge >= 0.3 is 5.97 Å². The number of rotatable bonds is 5. The summed E-state index contributed by atoms with van der Waals surface area (Å²) in [6.45, 7) is 9.45. The molecule has 0 rings (SSSR count). The quantitative estimate of drug-likeness (QED) is 0.664. The monoisotopic (exact) mass is 182 g/mol. The number of hydrogen-bond donors (Lipinski definition) is 1. The maximum atomic E-state index is 10.8. The highest BCUT2D eigenvalue weighted by atomic mass is 16.4. The first kappa shape index (κ1) is 11.9. The third-order valence-corrected chi connectivity index (χ3v) is 1.91. The molecule has 0 bridgehead atoms. The summed E-state index contributed by atoms with van der Waals surface area (Å²) in [5.41, 5.74) is 0.952. The number of aliphatic carboxylic acids is 1. The van der Waals surface area contributed by atoms with Crippen LogP contribution in [-0.4, -0.2) is 11.1 Å². The van der Waals surface area contributed by atoms with Crippen LogP contribution in [-0.2, 0) is 4.79 Å². The molecule has 2 heteroatoms. The third kappa shape index (κ3) is 5.23. The van der Waals surface area contributed by atoms with Crippen molar-refractivity contribution in [3.63, 3.8) is 0 Å². The van der Waals surface area contributed by atoms with Crippen molar-refractivity contribution in [3.05, 3.63) is 24.3 Å². The van der Waals surface area contributed by atoms with Crippen LogP contribution in [0.5, 0.6) is 0 Å². The van der Waals surface area contributed by atoms with E-state index in [2.05, 4.69) is 6.58 Å². The van der Waals surface area contributed by atoms with Crippen molar-refractivity contribution in [1.82, 2.24) is 0 Å². The van der Waals surface area contributed by atoms with Crippen LogP contribution in [0.3, 0.4) is 0 Å². The largest absolute Gasteiger partial charge is 0.481 e. The van der Waals surface area contributed by atoms with E-state index in [0.717, 1.165) is 5.57 Å². The Morgan fingerprint density at radius 1 is 1.54 bits per heavy atom. The Balaban J connectivity index is 4.12. The molecule has 0 saturated heterocycles. The van der Waals surface area contributed by atoms with Gasteiger partial charge < -0.3 is 5.11 Å². The van der Waals surface area contributed by atoms with Crippen molar-refractivity contribution < 1.29 is 9.90 Å². The van der Waals surface area contributed by atoms with Crippen LogP contribution in [0.1, 0.15) is 27.2 Å². The van der Waals surface area contributed by atoms with Crippen LogP contribution in [0.4, 0.5) is 0 Å². The van der Waals surface area contributed by atoms with Crippen LogP contribution in [0.15, 0.2) is 24.3 Å². The Morgan fingerprint density at radius 3 is 2.38 bits per heavy atom. The van der Waals surface area contributed by atoms with E-state index >= 15 is 0 Å². The molecule has 1 unspecified atom stereocenters. The number of carboxylic acid groups (broad SMARTS) is 1. The molecule has 0 aromatic heterocycles. The molecule has 0 saturated carbocycles. The molecule has 0 aliphatic rings. The maximum Gasteiger partial charge on any atom is 0.307 e. The summed E-state index contributed by atoms with van der Waals surface area (Å²) in [6, 6.07) is 0. The van der Waals surface area contributed by atoms with Gasteiger partial charge in [0.05, 0.1) is 5.92 Å². The van der Waals surface area contributed by atoms with Crippen LogP contribution in [0.25, 0.3) is 0 Å². The molecule has 0 radical (unpaired) electrons. The van der Waals surface area contributed by atoms with Crippen molar-refractivity contribution in [2.45, 2.75) is 27.2 Å². The smallest absolute Gasteiger partial charge is 0.307 e. The molecule has 0 amide bonds. The van der Waals surface area contributed by atoms with Crippen molar-refractivity contribution in [1.29, 1.82) is 0 Å². The maximum absolute atomic E-state index is 10.8. The fourth-order valence-corrected chi connectivity index (χ4v) is 1.07. The minimum Gasteiger partial charge on any atom is -0.481 e. The Labute approximate surface area is 80.0 Å². The molecule has 13 heavy (non-hydrogen) atoms. The Bertz CT molecular complexity index is 214. The summed E-state index contributed by atoms with van der Waals surface area (Å²) in [6.07, 6.45) is 4.32. The zero-order valence-corrected chi connectivity index (χ0v) is 8.58. The molecule has 0 aromatic carbocycles. The molecule has 1 N–H and O–H groups in total. The van der Waals surface area contributed by atoms with Gasteiger partial charge in [-0.25, -0.2) is 0 Å². The lowest BCUT2D eigenvalue weighted by atomic mass is 9.92. The van der Waals surface area contributed by atoms with Gasteiger partial charge in [0.15, 0.2) is 0 Å². The molecule has 1 atom stereocenters. The first-order chi connectivity index (χ1) is 5.95. The van der Waals surface area contributed by atoms with E-state index in [1.807, 2.05) is 32.9 Å². The van der Waals surface area contributed by atoms with E-state index in [0.29, 0.717) is 6.42 Å². The Kier molecular flexibility index (Phi) is 5.12. The molecule has 0 spiro atoms. The van der Waals surface area contributed by atoms with Crippen molar-refractivity contribution >= 4 is 5.97 Å². The van der Waals surface area contributed by atoms with E-state index in [9.17, 15) is 4.79 Å². The first-order valence-electron chi connectivity index (χ1n) is 4.50. The van der Waals surface area contributed by atoms with Gasteiger partial charge in [-0.3, -0.25) is 4.79 Å². The summed E-state index contributed by atoms with van der Waals surface area (Å²) in [7, 11) is 0. The van der Waals surface area contributed by atoms with Gasteiger partial charge in [0.2, 0.25) is 0 Å². The Hall–Kier alpha value is -1.05. The van der Waals surface area contributed by atoms with E-state index in [4.69, 9.17) is 5.11 Å². The molecule has 0 aromatic rings. The molecule has 74 valence electrons. The van der Waals surface area contributed by atoms with Gasteiger partial charge in [0.25, 0.3) is 0 Å². The highest BCUT2D eigenvalue weighted by molar-refractivity contribution is 5.70. The van der Waals surface area contributed by atoms with Gasteiger partial charge in [0, 0.05) is 0 Å². The highest BCUT2D eigenvalue weighted by Gasteiger charge is 2.19. The molecule has 0 aliphatic carbocycles. The van der Waals surface area contributed by atoms with E-state index < -0.39 is 5.97 Å². The number of carboxylic acids is 1. The first-order valence-corrected chi connectivity index (χ1v) is 4.50. The number of allylic oxidation sites excluding steroid dienone is 3. The second-order valence-electron chi connectivity index (χ2n) is 3.67. The highest BCUT2D eigenvalue weighted by Crippen LogP contribution is 2.16.